The van der Waals surface area contributed by atoms with E-state index in [2.05, 4.69) is 141 Å². The van der Waals surface area contributed by atoms with Crippen molar-refractivity contribution in [3.8, 4) is 21.9 Å². The third-order valence-corrected chi connectivity index (χ3v) is 11.6. The Morgan fingerprint density at radius 3 is 1.88 bits per heavy atom. The number of thioether (sulfide) groups is 1. The number of nitrogens with zero attached hydrogens (tertiary/aromatic N) is 2. The highest BCUT2D eigenvalue weighted by Crippen LogP contribution is 2.46. The second-order valence-corrected chi connectivity index (χ2v) is 14.4. The molecule has 0 spiro atoms. The minimum Gasteiger partial charge on any atom is -0.497 e. The van der Waals surface area contributed by atoms with Crippen LogP contribution in [0.2, 0.25) is 0 Å². The second-order valence-electron chi connectivity index (χ2n) is 12.2. The van der Waals surface area contributed by atoms with Crippen molar-refractivity contribution in [3.63, 3.8) is 0 Å². The molecular formula is C45H47N2O2S2+. The van der Waals surface area contributed by atoms with Crippen molar-refractivity contribution in [1.29, 1.82) is 0 Å². The van der Waals surface area contributed by atoms with Crippen LogP contribution >= 0.6 is 23.1 Å². The summed E-state index contributed by atoms with van der Waals surface area (Å²) in [6.07, 6.45) is 13.2. The molecule has 0 N–H and O–H groups in total. The molecule has 0 radical (unpaired) electrons. The van der Waals surface area contributed by atoms with Crippen LogP contribution in [0, 0.1) is 0 Å². The van der Waals surface area contributed by atoms with E-state index in [0.717, 1.165) is 37.7 Å². The third-order valence-electron chi connectivity index (χ3n) is 9.35. The zero-order valence-electron chi connectivity index (χ0n) is 30.5. The Hall–Kier alpha value is -4.78. The van der Waals surface area contributed by atoms with Crippen molar-refractivity contribution in [3.05, 3.63) is 138 Å². The molecule has 51 heavy (non-hydrogen) atoms. The predicted molar refractivity (Wildman–Crippen MR) is 225 cm³/mol. The van der Waals surface area contributed by atoms with Crippen molar-refractivity contribution < 1.29 is 9.47 Å². The summed E-state index contributed by atoms with van der Waals surface area (Å²) >= 11 is 3.67. The number of benzene rings is 4. The molecule has 4 nitrogen and oxygen atoms in total. The van der Waals surface area contributed by atoms with Gasteiger partial charge in [0.2, 0.25) is 20.9 Å². The van der Waals surface area contributed by atoms with Crippen LogP contribution in [0.4, 0.5) is 11.4 Å². The summed E-state index contributed by atoms with van der Waals surface area (Å²) in [4.78, 5) is 8.53. The van der Waals surface area contributed by atoms with Gasteiger partial charge in [-0.05, 0) is 117 Å². The third kappa shape index (κ3) is 8.24. The summed E-state index contributed by atoms with van der Waals surface area (Å²) in [7, 11) is 3.42. The molecular weight excluding hydrogens is 665 g/mol. The van der Waals surface area contributed by atoms with E-state index in [4.69, 9.17) is 9.47 Å². The monoisotopic (exact) mass is 711 g/mol. The summed E-state index contributed by atoms with van der Waals surface area (Å²) in [5, 5.41) is 1.26. The number of fused-ring (bicyclic) bond motifs is 2. The van der Waals surface area contributed by atoms with Gasteiger partial charge in [-0.1, -0.05) is 60.3 Å². The zero-order valence-corrected chi connectivity index (χ0v) is 32.1. The SMILES string of the molecule is CCN(CC)c1ccc2c(c1)SC(c1ccc(OC)cc1)=C/C2=C/C=C/C=C/c1cc(-c2ccc(OC)cc2)[s+]c2cc(N(CC)CC)ccc12. The lowest BCUT2D eigenvalue weighted by Crippen LogP contribution is -2.21. The lowest BCUT2D eigenvalue weighted by molar-refractivity contribution is 0.414. The maximum absolute atomic E-state index is 5.43. The topological polar surface area (TPSA) is 24.9 Å². The van der Waals surface area contributed by atoms with E-state index in [-0.39, 0.29) is 0 Å². The molecule has 0 amide bonds. The Morgan fingerprint density at radius 1 is 0.647 bits per heavy atom. The predicted octanol–water partition coefficient (Wildman–Crippen LogP) is 12.4. The first kappa shape index (κ1) is 36.0. The average Bonchev–Trinajstić information content (AvgIpc) is 3.18. The molecule has 1 aromatic heterocycles. The molecule has 5 aromatic rings. The molecule has 6 rings (SSSR count). The maximum Gasteiger partial charge on any atom is 0.241 e. The Kier molecular flexibility index (Phi) is 12.0. The maximum atomic E-state index is 5.43. The molecule has 6 heteroatoms. The van der Waals surface area contributed by atoms with E-state index in [1.165, 1.54) is 64.0 Å². The highest BCUT2D eigenvalue weighted by atomic mass is 32.2. The van der Waals surface area contributed by atoms with E-state index < -0.39 is 0 Å². The normalized spacial score (nSPS) is 13.5. The van der Waals surface area contributed by atoms with Crippen LogP contribution in [0.5, 0.6) is 11.5 Å². The number of hydrogen-bond acceptors (Lipinski definition) is 5. The molecule has 0 fully saturated rings. The van der Waals surface area contributed by atoms with Crippen LogP contribution in [-0.4, -0.2) is 40.4 Å². The molecule has 0 unspecified atom stereocenters. The second kappa shape index (κ2) is 17.0. The molecule has 1 aliphatic rings. The quantitative estimate of drug-likeness (QED) is 0.0894. The van der Waals surface area contributed by atoms with Gasteiger partial charge in [0.25, 0.3) is 0 Å². The first-order chi connectivity index (χ1) is 25.0. The molecule has 0 atom stereocenters. The molecule has 2 heterocycles. The largest absolute Gasteiger partial charge is 0.497 e. The summed E-state index contributed by atoms with van der Waals surface area (Å²) < 4.78 is 12.1. The van der Waals surface area contributed by atoms with Gasteiger partial charge in [0.15, 0.2) is 0 Å². The fourth-order valence-electron chi connectivity index (χ4n) is 6.43. The van der Waals surface area contributed by atoms with E-state index in [1.807, 2.05) is 47.4 Å². The van der Waals surface area contributed by atoms with Gasteiger partial charge < -0.3 is 19.3 Å². The summed E-state index contributed by atoms with van der Waals surface area (Å²) in [6.45, 7) is 12.8. The lowest BCUT2D eigenvalue weighted by Gasteiger charge is -2.25. The van der Waals surface area contributed by atoms with Gasteiger partial charge in [-0.3, -0.25) is 0 Å². The lowest BCUT2D eigenvalue weighted by atomic mass is 10.0. The Balaban J connectivity index is 1.35. The minimum absolute atomic E-state index is 0.863. The Morgan fingerprint density at radius 2 is 1.25 bits per heavy atom. The van der Waals surface area contributed by atoms with Gasteiger partial charge in [0.1, 0.15) is 11.5 Å². The number of allylic oxidation sites excluding steroid dienone is 6. The van der Waals surface area contributed by atoms with E-state index in [9.17, 15) is 0 Å². The van der Waals surface area contributed by atoms with Crippen molar-refractivity contribution in [1.82, 2.24) is 0 Å². The smallest absolute Gasteiger partial charge is 0.241 e. The molecule has 4 aromatic carbocycles. The van der Waals surface area contributed by atoms with E-state index in [0.29, 0.717) is 0 Å². The van der Waals surface area contributed by atoms with Crippen LogP contribution < -0.4 is 19.3 Å². The van der Waals surface area contributed by atoms with Crippen LogP contribution in [0.1, 0.15) is 44.4 Å². The standard InChI is InChI=1S/C45H47N2O2S2/c1-7-46(8-2)36-20-26-40-34(28-42(50-44(40)30-36)32-16-22-38(48-5)23-17-32)14-12-11-13-15-35-29-43(33-18-24-39(49-6)25-19-33)51-45-31-37(21-27-41(35)45)47(9-3)10-4/h11-31H,7-10H2,1-6H3/q+1. The first-order valence-electron chi connectivity index (χ1n) is 17.8. The van der Waals surface area contributed by atoms with Crippen LogP contribution in [0.3, 0.4) is 0 Å². The number of anilines is 2. The molecule has 0 saturated heterocycles. The van der Waals surface area contributed by atoms with E-state index in [1.54, 1.807) is 14.2 Å². The minimum atomic E-state index is 0.863. The molecule has 0 bridgehead atoms. The van der Waals surface area contributed by atoms with Crippen LogP contribution in [-0.2, 0) is 0 Å². The van der Waals surface area contributed by atoms with Crippen molar-refractivity contribution in [2.45, 2.75) is 32.6 Å². The van der Waals surface area contributed by atoms with Gasteiger partial charge >= 0.3 is 0 Å². The van der Waals surface area contributed by atoms with Crippen LogP contribution in [0.25, 0.3) is 37.1 Å². The fourth-order valence-corrected chi connectivity index (χ4v) is 8.73. The number of methoxy groups -OCH3 is 2. The van der Waals surface area contributed by atoms with Gasteiger partial charge in [0, 0.05) is 70.4 Å². The molecule has 260 valence electrons. The summed E-state index contributed by atoms with van der Waals surface area (Å²) in [5.41, 5.74) is 8.53. The van der Waals surface area contributed by atoms with E-state index >= 15 is 0 Å². The molecule has 1 aliphatic heterocycles. The average molecular weight is 712 g/mol. The summed E-state index contributed by atoms with van der Waals surface area (Å²) in [5.74, 6) is 1.73. The number of ether oxygens (including phenoxy) is 2. The molecule has 0 saturated carbocycles. The number of rotatable bonds is 13. The van der Waals surface area contributed by atoms with Gasteiger partial charge in [-0.25, -0.2) is 0 Å². The highest BCUT2D eigenvalue weighted by Gasteiger charge is 2.20. The molecule has 0 aliphatic carbocycles. The first-order valence-corrected chi connectivity index (χ1v) is 19.4. The Labute approximate surface area is 312 Å². The highest BCUT2D eigenvalue weighted by molar-refractivity contribution is 8.08. The van der Waals surface area contributed by atoms with Crippen LogP contribution in [0.15, 0.2) is 126 Å². The zero-order chi connectivity index (χ0) is 35.7. The van der Waals surface area contributed by atoms with Gasteiger partial charge in [0.05, 0.1) is 14.2 Å². The van der Waals surface area contributed by atoms with Crippen molar-refractivity contribution in [2.75, 3.05) is 50.2 Å². The number of hydrogen-bond donors (Lipinski definition) is 0. The van der Waals surface area contributed by atoms with Crippen molar-refractivity contribution >= 4 is 61.1 Å². The fraction of sp³-hybridized carbons (Fsp3) is 0.222. The summed E-state index contributed by atoms with van der Waals surface area (Å²) in [6, 6.07) is 32.7. The van der Waals surface area contributed by atoms with Crippen molar-refractivity contribution in [2.24, 2.45) is 0 Å². The van der Waals surface area contributed by atoms with Gasteiger partial charge in [-0.15, -0.1) is 0 Å². The Bertz CT molecular complexity index is 2090. The van der Waals surface area contributed by atoms with Gasteiger partial charge in [-0.2, -0.15) is 0 Å².